The first-order valence-corrected chi connectivity index (χ1v) is 6.62. The van der Waals surface area contributed by atoms with Crippen LogP contribution in [0, 0.1) is 0 Å². The quantitative estimate of drug-likeness (QED) is 0.868. The van der Waals surface area contributed by atoms with Gasteiger partial charge in [-0.3, -0.25) is 4.79 Å². The van der Waals surface area contributed by atoms with Gasteiger partial charge in [0.25, 0.3) is 5.91 Å². The third-order valence-electron chi connectivity index (χ3n) is 3.17. The number of carboxylic acid groups (broad SMARTS) is 1. The van der Waals surface area contributed by atoms with Gasteiger partial charge in [0.1, 0.15) is 11.3 Å². The highest BCUT2D eigenvalue weighted by atomic mass is 16.5. The van der Waals surface area contributed by atoms with Gasteiger partial charge in [-0.05, 0) is 52.0 Å². The Morgan fingerprint density at radius 1 is 1.20 bits per heavy atom. The highest BCUT2D eigenvalue weighted by Gasteiger charge is 2.37. The van der Waals surface area contributed by atoms with Crippen LogP contribution in [0.4, 0.5) is 0 Å². The molecule has 0 radical (unpaired) electrons. The van der Waals surface area contributed by atoms with Crippen LogP contribution in [0.2, 0.25) is 0 Å². The summed E-state index contributed by atoms with van der Waals surface area (Å²) >= 11 is 0. The van der Waals surface area contributed by atoms with E-state index in [-0.39, 0.29) is 5.91 Å². The maximum atomic E-state index is 12.4. The van der Waals surface area contributed by atoms with Crippen LogP contribution in [-0.2, 0) is 4.79 Å². The maximum absolute atomic E-state index is 12.4. The molecular weight excluding hydrogens is 258 g/mol. The van der Waals surface area contributed by atoms with Crippen LogP contribution < -0.4 is 4.74 Å². The molecule has 0 aliphatic carbocycles. The fourth-order valence-corrected chi connectivity index (χ4v) is 1.92. The van der Waals surface area contributed by atoms with Crippen LogP contribution in [0.3, 0.4) is 0 Å². The monoisotopic (exact) mass is 279 g/mol. The molecule has 110 valence electrons. The minimum Gasteiger partial charge on any atom is -0.494 e. The third kappa shape index (κ3) is 3.29. The predicted octanol–water partition coefficient (Wildman–Crippen LogP) is 2.41. The average Bonchev–Trinajstić information content (AvgIpc) is 2.40. The molecule has 20 heavy (non-hydrogen) atoms. The van der Waals surface area contributed by atoms with Crippen molar-refractivity contribution in [2.75, 3.05) is 13.2 Å². The van der Waals surface area contributed by atoms with E-state index in [2.05, 4.69) is 0 Å². The normalized spacial score (nSPS) is 11.0. The molecule has 1 amide bonds. The summed E-state index contributed by atoms with van der Waals surface area (Å²) in [5.41, 5.74) is -0.797. The smallest absolute Gasteiger partial charge is 0.329 e. The Hall–Kier alpha value is -2.04. The highest BCUT2D eigenvalue weighted by Crippen LogP contribution is 2.20. The molecule has 0 fully saturated rings. The van der Waals surface area contributed by atoms with Crippen LogP contribution in [0.1, 0.15) is 38.1 Å². The molecule has 0 aromatic heterocycles. The van der Waals surface area contributed by atoms with E-state index >= 15 is 0 Å². The molecule has 1 aromatic rings. The van der Waals surface area contributed by atoms with Crippen molar-refractivity contribution in [3.05, 3.63) is 29.8 Å². The van der Waals surface area contributed by atoms with Crippen molar-refractivity contribution in [1.82, 2.24) is 4.90 Å². The van der Waals surface area contributed by atoms with Gasteiger partial charge < -0.3 is 14.7 Å². The minimum atomic E-state index is -1.25. The lowest BCUT2D eigenvalue weighted by Gasteiger charge is -2.34. The molecule has 0 atom stereocenters. The Morgan fingerprint density at radius 3 is 2.15 bits per heavy atom. The SMILES string of the molecule is CCOc1ccc(C(=O)N(CC)C(C)(C)C(=O)O)cc1. The molecule has 0 spiro atoms. The molecule has 5 nitrogen and oxygen atoms in total. The Balaban J connectivity index is 3.00. The van der Waals surface area contributed by atoms with Crippen LogP contribution in [-0.4, -0.2) is 40.6 Å². The number of hydrogen-bond donors (Lipinski definition) is 1. The van der Waals surface area contributed by atoms with Gasteiger partial charge in [-0.25, -0.2) is 4.79 Å². The van der Waals surface area contributed by atoms with E-state index in [0.29, 0.717) is 24.5 Å². The van der Waals surface area contributed by atoms with Gasteiger partial charge in [0.05, 0.1) is 6.61 Å². The first-order valence-electron chi connectivity index (χ1n) is 6.62. The van der Waals surface area contributed by atoms with Crippen molar-refractivity contribution >= 4 is 11.9 Å². The lowest BCUT2D eigenvalue weighted by Crippen LogP contribution is -2.52. The largest absolute Gasteiger partial charge is 0.494 e. The molecule has 0 saturated carbocycles. The maximum Gasteiger partial charge on any atom is 0.329 e. The zero-order chi connectivity index (χ0) is 15.3. The van der Waals surface area contributed by atoms with Crippen molar-refractivity contribution in [2.45, 2.75) is 33.2 Å². The number of aliphatic carboxylic acids is 1. The standard InChI is InChI=1S/C15H21NO4/c1-5-16(15(3,4)14(18)19)13(17)11-7-9-12(10-8-11)20-6-2/h7-10H,5-6H2,1-4H3,(H,18,19). The summed E-state index contributed by atoms with van der Waals surface area (Å²) in [6, 6.07) is 6.71. The van der Waals surface area contributed by atoms with Crippen molar-refractivity contribution in [1.29, 1.82) is 0 Å². The topological polar surface area (TPSA) is 66.8 Å². The van der Waals surface area contributed by atoms with Gasteiger partial charge in [-0.1, -0.05) is 0 Å². The number of ether oxygens (including phenoxy) is 1. The van der Waals surface area contributed by atoms with Crippen molar-refractivity contribution in [3.8, 4) is 5.75 Å². The summed E-state index contributed by atoms with van der Waals surface area (Å²) in [5.74, 6) is -0.647. The van der Waals surface area contributed by atoms with E-state index in [1.165, 1.54) is 18.7 Å². The molecule has 0 saturated heterocycles. The van der Waals surface area contributed by atoms with E-state index < -0.39 is 11.5 Å². The lowest BCUT2D eigenvalue weighted by molar-refractivity contribution is -0.147. The van der Waals surface area contributed by atoms with Gasteiger partial charge in [0, 0.05) is 12.1 Å². The number of likely N-dealkylation sites (N-methyl/N-ethyl adjacent to an activating group) is 1. The number of carbonyl (C=O) groups excluding carboxylic acids is 1. The second kappa shape index (κ2) is 6.41. The van der Waals surface area contributed by atoms with Gasteiger partial charge in [-0.2, -0.15) is 0 Å². The van der Waals surface area contributed by atoms with E-state index in [4.69, 9.17) is 4.74 Å². The predicted molar refractivity (Wildman–Crippen MR) is 76.0 cm³/mol. The summed E-state index contributed by atoms with van der Waals surface area (Å²) in [5, 5.41) is 9.24. The second-order valence-corrected chi connectivity index (χ2v) is 4.87. The number of hydrogen-bond acceptors (Lipinski definition) is 3. The highest BCUT2D eigenvalue weighted by molar-refractivity contribution is 5.97. The molecular formula is C15H21NO4. The number of rotatable bonds is 6. The summed E-state index contributed by atoms with van der Waals surface area (Å²) < 4.78 is 5.31. The molecule has 5 heteroatoms. The summed E-state index contributed by atoms with van der Waals surface area (Å²) in [7, 11) is 0. The summed E-state index contributed by atoms with van der Waals surface area (Å²) in [6.07, 6.45) is 0. The molecule has 1 rings (SSSR count). The molecule has 0 heterocycles. The fourth-order valence-electron chi connectivity index (χ4n) is 1.92. The van der Waals surface area contributed by atoms with Gasteiger partial charge in [-0.15, -0.1) is 0 Å². The third-order valence-corrected chi connectivity index (χ3v) is 3.17. The Bertz CT molecular complexity index is 479. The van der Waals surface area contributed by atoms with E-state index in [1.54, 1.807) is 31.2 Å². The van der Waals surface area contributed by atoms with Gasteiger partial charge in [0.2, 0.25) is 0 Å². The average molecular weight is 279 g/mol. The van der Waals surface area contributed by atoms with E-state index in [9.17, 15) is 14.7 Å². The zero-order valence-electron chi connectivity index (χ0n) is 12.3. The van der Waals surface area contributed by atoms with E-state index in [0.717, 1.165) is 0 Å². The van der Waals surface area contributed by atoms with Crippen LogP contribution >= 0.6 is 0 Å². The molecule has 0 aliphatic rings. The molecule has 0 bridgehead atoms. The fraction of sp³-hybridized carbons (Fsp3) is 0.467. The van der Waals surface area contributed by atoms with Crippen molar-refractivity contribution in [2.24, 2.45) is 0 Å². The lowest BCUT2D eigenvalue weighted by atomic mass is 10.0. The Morgan fingerprint density at radius 2 is 1.75 bits per heavy atom. The zero-order valence-corrected chi connectivity index (χ0v) is 12.3. The summed E-state index contributed by atoms with van der Waals surface area (Å²) in [4.78, 5) is 25.0. The second-order valence-electron chi connectivity index (χ2n) is 4.87. The number of carbonyl (C=O) groups is 2. The first kappa shape index (κ1) is 16.0. The van der Waals surface area contributed by atoms with Crippen LogP contribution in [0.5, 0.6) is 5.75 Å². The van der Waals surface area contributed by atoms with Crippen LogP contribution in [0.15, 0.2) is 24.3 Å². The van der Waals surface area contributed by atoms with Crippen molar-refractivity contribution in [3.63, 3.8) is 0 Å². The number of nitrogens with zero attached hydrogens (tertiary/aromatic N) is 1. The van der Waals surface area contributed by atoms with Gasteiger partial charge in [0.15, 0.2) is 0 Å². The van der Waals surface area contributed by atoms with E-state index in [1.807, 2.05) is 6.92 Å². The molecule has 1 aromatic carbocycles. The molecule has 0 unspecified atom stereocenters. The molecule has 0 aliphatic heterocycles. The number of benzene rings is 1. The van der Waals surface area contributed by atoms with Crippen molar-refractivity contribution < 1.29 is 19.4 Å². The Kier molecular flexibility index (Phi) is 5.13. The first-order chi connectivity index (χ1) is 9.34. The summed E-state index contributed by atoms with van der Waals surface area (Å²) in [6.45, 7) is 7.56. The van der Waals surface area contributed by atoms with Gasteiger partial charge >= 0.3 is 5.97 Å². The Labute approximate surface area is 119 Å². The number of carboxylic acids is 1. The van der Waals surface area contributed by atoms with Crippen LogP contribution in [0.25, 0.3) is 0 Å². The number of amides is 1. The minimum absolute atomic E-state index is 0.303. The molecule has 1 N–H and O–H groups in total.